The number of hydrogen-bond acceptors (Lipinski definition) is 0. The van der Waals surface area contributed by atoms with Gasteiger partial charge in [0.25, 0.3) is 0 Å². The van der Waals surface area contributed by atoms with Gasteiger partial charge < -0.3 is 0 Å². The van der Waals surface area contributed by atoms with Gasteiger partial charge in [0.1, 0.15) is 0 Å². The molecule has 2 aliphatic carbocycles. The van der Waals surface area contributed by atoms with Crippen molar-refractivity contribution in [3.63, 3.8) is 0 Å². The molecule has 2 fully saturated rings. The highest BCUT2D eigenvalue weighted by Gasteiger charge is 2.47. The second-order valence-electron chi connectivity index (χ2n) is 3.50. The molecule has 0 aliphatic heterocycles. The summed E-state index contributed by atoms with van der Waals surface area (Å²) < 4.78 is 0. The van der Waals surface area contributed by atoms with Crippen LogP contribution < -0.4 is 0 Å². The van der Waals surface area contributed by atoms with Crippen LogP contribution >= 0.6 is 31.9 Å². The molecule has 2 rings (SSSR count). The summed E-state index contributed by atoms with van der Waals surface area (Å²) >= 11 is 7.44. The predicted octanol–water partition coefficient (Wildman–Crippen LogP) is 3.33. The van der Waals surface area contributed by atoms with Gasteiger partial charge >= 0.3 is 0 Å². The number of halogens is 2. The van der Waals surface area contributed by atoms with E-state index in [2.05, 4.69) is 31.9 Å². The first-order chi connectivity index (χ1) is 4.80. The van der Waals surface area contributed by atoms with Crippen LogP contribution in [0.5, 0.6) is 0 Å². The van der Waals surface area contributed by atoms with E-state index in [-0.39, 0.29) is 0 Å². The minimum atomic E-state index is 0.776. The Bertz CT molecular complexity index is 119. The van der Waals surface area contributed by atoms with E-state index in [9.17, 15) is 0 Å². The van der Waals surface area contributed by atoms with Crippen LogP contribution in [0.15, 0.2) is 0 Å². The lowest BCUT2D eigenvalue weighted by Gasteiger charge is -2.49. The molecule has 58 valence electrons. The quantitative estimate of drug-likeness (QED) is 0.591. The summed E-state index contributed by atoms with van der Waals surface area (Å²) in [4.78, 5) is 1.55. The molecule has 0 aromatic carbocycles. The molecule has 0 aromatic heterocycles. The van der Waals surface area contributed by atoms with Gasteiger partial charge in [-0.25, -0.2) is 0 Å². The Balaban J connectivity index is 2.00. The van der Waals surface area contributed by atoms with Gasteiger partial charge in [-0.2, -0.15) is 0 Å². The molecule has 0 bridgehead atoms. The van der Waals surface area contributed by atoms with Gasteiger partial charge in [0, 0.05) is 9.65 Å². The highest BCUT2D eigenvalue weighted by atomic mass is 79.9. The normalized spacial score (nSPS) is 53.4. The summed E-state index contributed by atoms with van der Waals surface area (Å²) in [5.74, 6) is 2.00. The largest absolute Gasteiger partial charge is 0.0875 e. The molecule has 3 unspecified atom stereocenters. The van der Waals surface area contributed by atoms with Crippen LogP contribution in [0.25, 0.3) is 0 Å². The standard InChI is InChI=1S/C8H12Br2/c9-7-5-3-1-2-4-6(5)8(7)10/h5-8H,1-4H2/t5?,6?,7-,8?/m1/s1. The van der Waals surface area contributed by atoms with E-state index in [1.807, 2.05) is 0 Å². The van der Waals surface area contributed by atoms with Crippen molar-refractivity contribution in [2.24, 2.45) is 11.8 Å². The summed E-state index contributed by atoms with van der Waals surface area (Å²) in [6.45, 7) is 0. The molecule has 0 N–H and O–H groups in total. The first kappa shape index (κ1) is 7.60. The monoisotopic (exact) mass is 266 g/mol. The fourth-order valence-corrected chi connectivity index (χ4v) is 4.40. The Morgan fingerprint density at radius 3 is 1.60 bits per heavy atom. The molecule has 0 spiro atoms. The SMILES string of the molecule is BrC1C2CCCCC2[C@H]1Br. The first-order valence-electron chi connectivity index (χ1n) is 4.09. The van der Waals surface area contributed by atoms with Crippen molar-refractivity contribution in [1.29, 1.82) is 0 Å². The van der Waals surface area contributed by atoms with Gasteiger partial charge in [0.2, 0.25) is 0 Å². The third kappa shape index (κ3) is 0.989. The summed E-state index contributed by atoms with van der Waals surface area (Å²) in [6, 6.07) is 0. The maximum absolute atomic E-state index is 3.72. The second-order valence-corrected chi connectivity index (χ2v) is 5.62. The van der Waals surface area contributed by atoms with Crippen molar-refractivity contribution < 1.29 is 0 Å². The molecule has 2 saturated carbocycles. The molecule has 0 nitrogen and oxygen atoms in total. The number of hydrogen-bond donors (Lipinski definition) is 0. The third-order valence-electron chi connectivity index (χ3n) is 3.00. The van der Waals surface area contributed by atoms with E-state index in [0.717, 1.165) is 21.5 Å². The van der Waals surface area contributed by atoms with Crippen LogP contribution in [0, 0.1) is 11.8 Å². The van der Waals surface area contributed by atoms with Crippen molar-refractivity contribution in [2.45, 2.75) is 35.3 Å². The van der Waals surface area contributed by atoms with E-state index >= 15 is 0 Å². The molecule has 4 atom stereocenters. The van der Waals surface area contributed by atoms with E-state index in [1.54, 1.807) is 0 Å². The minimum absolute atomic E-state index is 0.776. The summed E-state index contributed by atoms with van der Waals surface area (Å²) in [5, 5.41) is 0. The molecule has 0 saturated heterocycles. The molecular formula is C8H12Br2. The van der Waals surface area contributed by atoms with E-state index in [0.29, 0.717) is 0 Å². The zero-order chi connectivity index (χ0) is 7.14. The zero-order valence-corrected chi connectivity index (χ0v) is 9.07. The van der Waals surface area contributed by atoms with Crippen molar-refractivity contribution in [2.75, 3.05) is 0 Å². The number of fused-ring (bicyclic) bond motifs is 1. The number of rotatable bonds is 0. The fourth-order valence-electron chi connectivity index (χ4n) is 2.31. The van der Waals surface area contributed by atoms with Crippen LogP contribution in [0.4, 0.5) is 0 Å². The van der Waals surface area contributed by atoms with Gasteiger partial charge in [-0.05, 0) is 24.7 Å². The van der Waals surface area contributed by atoms with Gasteiger partial charge in [-0.1, -0.05) is 44.7 Å². The molecule has 0 heterocycles. The maximum atomic E-state index is 3.72. The topological polar surface area (TPSA) is 0 Å². The van der Waals surface area contributed by atoms with E-state index in [1.165, 1.54) is 25.7 Å². The van der Waals surface area contributed by atoms with Crippen LogP contribution in [-0.4, -0.2) is 9.65 Å². The smallest absolute Gasteiger partial charge is 0.0305 e. The average Bonchev–Trinajstić information content (AvgIpc) is 2.03. The second kappa shape index (κ2) is 2.78. The molecular weight excluding hydrogens is 256 g/mol. The Hall–Kier alpha value is 0.960. The Morgan fingerprint density at radius 1 is 0.800 bits per heavy atom. The van der Waals surface area contributed by atoms with Gasteiger partial charge in [0.05, 0.1) is 0 Å². The van der Waals surface area contributed by atoms with Crippen LogP contribution in [0.2, 0.25) is 0 Å². The van der Waals surface area contributed by atoms with Crippen LogP contribution in [0.1, 0.15) is 25.7 Å². The van der Waals surface area contributed by atoms with Crippen LogP contribution in [0.3, 0.4) is 0 Å². The maximum Gasteiger partial charge on any atom is 0.0305 e. The van der Waals surface area contributed by atoms with Crippen LogP contribution in [-0.2, 0) is 0 Å². The summed E-state index contributed by atoms with van der Waals surface area (Å²) in [5.41, 5.74) is 0. The summed E-state index contributed by atoms with van der Waals surface area (Å²) in [7, 11) is 0. The summed E-state index contributed by atoms with van der Waals surface area (Å²) in [6.07, 6.45) is 5.84. The molecule has 10 heavy (non-hydrogen) atoms. The van der Waals surface area contributed by atoms with E-state index in [4.69, 9.17) is 0 Å². The molecule has 2 aliphatic rings. The van der Waals surface area contributed by atoms with Gasteiger partial charge in [-0.3, -0.25) is 0 Å². The lowest BCUT2D eigenvalue weighted by atomic mass is 9.65. The highest BCUT2D eigenvalue weighted by molar-refractivity contribution is 9.12. The van der Waals surface area contributed by atoms with E-state index < -0.39 is 0 Å². The number of alkyl halides is 2. The lowest BCUT2D eigenvalue weighted by molar-refractivity contribution is 0.143. The Morgan fingerprint density at radius 2 is 1.20 bits per heavy atom. The molecule has 0 aromatic rings. The Kier molecular flexibility index (Phi) is 2.11. The Labute approximate surface area is 79.0 Å². The van der Waals surface area contributed by atoms with Crippen molar-refractivity contribution >= 4 is 31.9 Å². The molecule has 0 radical (unpaired) electrons. The fraction of sp³-hybridized carbons (Fsp3) is 1.00. The minimum Gasteiger partial charge on any atom is -0.0875 e. The third-order valence-corrected chi connectivity index (χ3v) is 6.20. The molecule has 2 heteroatoms. The van der Waals surface area contributed by atoms with Gasteiger partial charge in [0.15, 0.2) is 0 Å². The van der Waals surface area contributed by atoms with Gasteiger partial charge in [-0.15, -0.1) is 0 Å². The zero-order valence-electron chi connectivity index (χ0n) is 5.89. The lowest BCUT2D eigenvalue weighted by Crippen LogP contribution is -2.50. The van der Waals surface area contributed by atoms with Crippen molar-refractivity contribution in [1.82, 2.24) is 0 Å². The van der Waals surface area contributed by atoms with Crippen molar-refractivity contribution in [3.05, 3.63) is 0 Å². The predicted molar refractivity (Wildman–Crippen MR) is 50.9 cm³/mol. The highest BCUT2D eigenvalue weighted by Crippen LogP contribution is 2.52. The first-order valence-corrected chi connectivity index (χ1v) is 5.92. The van der Waals surface area contributed by atoms with Crippen molar-refractivity contribution in [3.8, 4) is 0 Å². The average molecular weight is 268 g/mol. The molecule has 0 amide bonds.